The zero-order chi connectivity index (χ0) is 19.1. The SMILES string of the molecule is CS(=O)(=O)N(C(=O)Nc1ccc2c(c1)COc1ccccc1-2)S(C)(=O)=O. The molecule has 1 heterocycles. The van der Waals surface area contributed by atoms with E-state index in [1.54, 1.807) is 18.2 Å². The van der Waals surface area contributed by atoms with Crippen LogP contribution in [0.25, 0.3) is 11.1 Å². The smallest absolute Gasteiger partial charge is 0.349 e. The van der Waals surface area contributed by atoms with Gasteiger partial charge in [0.25, 0.3) is 0 Å². The van der Waals surface area contributed by atoms with Gasteiger partial charge in [0.05, 0.1) is 12.5 Å². The molecule has 0 atom stereocenters. The fourth-order valence-corrected chi connectivity index (χ4v) is 5.40. The van der Waals surface area contributed by atoms with Gasteiger partial charge >= 0.3 is 6.03 Å². The van der Waals surface area contributed by atoms with Crippen molar-refractivity contribution in [3.8, 4) is 16.9 Å². The Labute approximate surface area is 151 Å². The second-order valence-corrected chi connectivity index (χ2v) is 9.70. The number of urea groups is 1. The zero-order valence-electron chi connectivity index (χ0n) is 14.0. The Bertz CT molecular complexity index is 1060. The third-order valence-corrected chi connectivity index (χ3v) is 6.85. The highest BCUT2D eigenvalue weighted by molar-refractivity contribution is 8.04. The molecule has 0 unspecified atom stereocenters. The number of hydrogen-bond donors (Lipinski definition) is 1. The second-order valence-electron chi connectivity index (χ2n) is 5.81. The van der Waals surface area contributed by atoms with E-state index in [0.29, 0.717) is 12.5 Å². The number of carbonyl (C=O) groups excluding carboxylic acids is 1. The first-order valence-electron chi connectivity index (χ1n) is 7.44. The molecule has 10 heteroatoms. The topological polar surface area (TPSA) is 110 Å². The van der Waals surface area contributed by atoms with Crippen LogP contribution in [0.4, 0.5) is 10.5 Å². The lowest BCUT2D eigenvalue weighted by molar-refractivity contribution is 0.247. The minimum Gasteiger partial charge on any atom is -0.488 e. The average Bonchev–Trinajstić information content (AvgIpc) is 2.51. The highest BCUT2D eigenvalue weighted by Crippen LogP contribution is 2.38. The molecule has 0 aromatic heterocycles. The van der Waals surface area contributed by atoms with Gasteiger partial charge in [0.2, 0.25) is 20.0 Å². The molecular weight excluding hydrogens is 380 g/mol. The van der Waals surface area contributed by atoms with Crippen LogP contribution in [-0.2, 0) is 26.7 Å². The number of benzene rings is 2. The molecule has 8 nitrogen and oxygen atoms in total. The van der Waals surface area contributed by atoms with Gasteiger partial charge in [-0.1, -0.05) is 24.3 Å². The van der Waals surface area contributed by atoms with E-state index in [1.165, 1.54) is 0 Å². The average molecular weight is 396 g/mol. The minimum atomic E-state index is -4.29. The number of ether oxygens (including phenoxy) is 1. The van der Waals surface area contributed by atoms with Crippen molar-refractivity contribution < 1.29 is 26.4 Å². The Morgan fingerprint density at radius 2 is 1.65 bits per heavy atom. The van der Waals surface area contributed by atoms with Crippen LogP contribution in [0.3, 0.4) is 0 Å². The van der Waals surface area contributed by atoms with E-state index < -0.39 is 26.1 Å². The first kappa shape index (κ1) is 18.2. The number of para-hydroxylation sites is 1. The van der Waals surface area contributed by atoms with Crippen LogP contribution >= 0.6 is 0 Å². The molecule has 0 spiro atoms. The number of carbonyl (C=O) groups is 1. The van der Waals surface area contributed by atoms with Crippen molar-refractivity contribution in [3.05, 3.63) is 48.0 Å². The third kappa shape index (κ3) is 3.51. The summed E-state index contributed by atoms with van der Waals surface area (Å²) in [6, 6.07) is 11.2. The Kier molecular flexibility index (Phi) is 4.41. The van der Waals surface area contributed by atoms with Crippen molar-refractivity contribution in [2.45, 2.75) is 6.61 Å². The van der Waals surface area contributed by atoms with Gasteiger partial charge in [-0.15, -0.1) is 3.71 Å². The maximum Gasteiger partial charge on any atom is 0.349 e. The van der Waals surface area contributed by atoms with Gasteiger partial charge in [0.15, 0.2) is 0 Å². The molecule has 3 rings (SSSR count). The monoisotopic (exact) mass is 396 g/mol. The van der Waals surface area contributed by atoms with Crippen LogP contribution in [-0.4, -0.2) is 39.1 Å². The molecular formula is C16H16N2O6S2. The van der Waals surface area contributed by atoms with Crippen LogP contribution in [0, 0.1) is 0 Å². The summed E-state index contributed by atoms with van der Waals surface area (Å²) in [7, 11) is -8.58. The predicted molar refractivity (Wildman–Crippen MR) is 96.8 cm³/mol. The van der Waals surface area contributed by atoms with E-state index in [-0.39, 0.29) is 16.0 Å². The molecule has 1 aliphatic heterocycles. The van der Waals surface area contributed by atoms with Crippen LogP contribution in [0.15, 0.2) is 42.5 Å². The number of sulfonamides is 2. The Hall–Kier alpha value is -2.59. The van der Waals surface area contributed by atoms with Gasteiger partial charge < -0.3 is 10.1 Å². The lowest BCUT2D eigenvalue weighted by Gasteiger charge is -2.22. The van der Waals surface area contributed by atoms with E-state index >= 15 is 0 Å². The summed E-state index contributed by atoms with van der Waals surface area (Å²) in [6.45, 7) is 0.276. The lowest BCUT2D eigenvalue weighted by Crippen LogP contribution is -2.43. The number of hydrogen-bond acceptors (Lipinski definition) is 6. The quantitative estimate of drug-likeness (QED) is 0.850. The van der Waals surface area contributed by atoms with Gasteiger partial charge in [-0.3, -0.25) is 0 Å². The Balaban J connectivity index is 1.92. The summed E-state index contributed by atoms with van der Waals surface area (Å²) >= 11 is 0. The molecule has 0 saturated heterocycles. The van der Waals surface area contributed by atoms with Crippen LogP contribution in [0.2, 0.25) is 0 Å². The molecule has 138 valence electrons. The van der Waals surface area contributed by atoms with E-state index in [0.717, 1.165) is 22.4 Å². The normalized spacial score (nSPS) is 13.2. The molecule has 26 heavy (non-hydrogen) atoms. The van der Waals surface area contributed by atoms with Gasteiger partial charge in [0, 0.05) is 11.3 Å². The van der Waals surface area contributed by atoms with Gasteiger partial charge in [-0.25, -0.2) is 21.6 Å². The lowest BCUT2D eigenvalue weighted by atomic mass is 9.96. The number of amides is 2. The standard InChI is InChI=1S/C16H16N2O6S2/c1-25(20,21)18(26(2,22)23)16(19)17-12-7-8-13-11(9-12)10-24-15-6-4-3-5-14(13)15/h3-9H,10H2,1-2H3,(H,17,19). The van der Waals surface area contributed by atoms with Crippen molar-refractivity contribution in [1.29, 1.82) is 0 Å². The van der Waals surface area contributed by atoms with Gasteiger partial charge in [0.1, 0.15) is 12.4 Å². The number of nitrogens with one attached hydrogen (secondary N) is 1. The molecule has 2 aromatic carbocycles. The highest BCUT2D eigenvalue weighted by Gasteiger charge is 2.32. The summed E-state index contributed by atoms with van der Waals surface area (Å²) in [6.07, 6.45) is 1.29. The summed E-state index contributed by atoms with van der Waals surface area (Å²) in [5.74, 6) is 0.747. The fraction of sp³-hybridized carbons (Fsp3) is 0.188. The maximum absolute atomic E-state index is 12.2. The molecule has 0 fully saturated rings. The van der Waals surface area contributed by atoms with Gasteiger partial charge in [-0.2, -0.15) is 0 Å². The van der Waals surface area contributed by atoms with E-state index in [1.807, 2.05) is 24.3 Å². The van der Waals surface area contributed by atoms with Crippen LogP contribution < -0.4 is 10.1 Å². The number of nitrogens with zero attached hydrogens (tertiary/aromatic N) is 1. The zero-order valence-corrected chi connectivity index (χ0v) is 15.6. The molecule has 2 aromatic rings. The summed E-state index contributed by atoms with van der Waals surface area (Å²) in [5, 5.41) is 2.30. The Morgan fingerprint density at radius 1 is 1.00 bits per heavy atom. The van der Waals surface area contributed by atoms with Crippen LogP contribution in [0.1, 0.15) is 5.56 Å². The molecule has 0 saturated carbocycles. The maximum atomic E-state index is 12.2. The van der Waals surface area contributed by atoms with E-state index in [2.05, 4.69) is 5.32 Å². The minimum absolute atomic E-state index is 0.175. The molecule has 1 aliphatic rings. The highest BCUT2D eigenvalue weighted by atomic mass is 32.3. The van der Waals surface area contributed by atoms with E-state index in [9.17, 15) is 21.6 Å². The molecule has 0 bridgehead atoms. The van der Waals surface area contributed by atoms with Crippen molar-refractivity contribution >= 4 is 31.8 Å². The number of anilines is 1. The van der Waals surface area contributed by atoms with Crippen molar-refractivity contribution in [1.82, 2.24) is 3.71 Å². The van der Waals surface area contributed by atoms with Crippen LogP contribution in [0.5, 0.6) is 5.75 Å². The van der Waals surface area contributed by atoms with Crippen molar-refractivity contribution in [3.63, 3.8) is 0 Å². The number of rotatable bonds is 3. The molecule has 2 amide bonds. The summed E-state index contributed by atoms with van der Waals surface area (Å²) in [5.41, 5.74) is 2.87. The summed E-state index contributed by atoms with van der Waals surface area (Å²) < 4.78 is 52.1. The second kappa shape index (κ2) is 6.29. The molecule has 0 aliphatic carbocycles. The number of fused-ring (bicyclic) bond motifs is 3. The third-order valence-electron chi connectivity index (χ3n) is 3.69. The van der Waals surface area contributed by atoms with E-state index in [4.69, 9.17) is 4.74 Å². The fourth-order valence-electron chi connectivity index (χ4n) is 2.74. The largest absolute Gasteiger partial charge is 0.488 e. The van der Waals surface area contributed by atoms with Crippen molar-refractivity contribution in [2.75, 3.05) is 17.8 Å². The molecule has 0 radical (unpaired) electrons. The van der Waals surface area contributed by atoms with Gasteiger partial charge in [-0.05, 0) is 29.3 Å². The summed E-state index contributed by atoms with van der Waals surface area (Å²) in [4.78, 5) is 12.2. The predicted octanol–water partition coefficient (Wildman–Crippen LogP) is 2.00. The van der Waals surface area contributed by atoms with Crippen molar-refractivity contribution in [2.24, 2.45) is 0 Å². The molecule has 1 N–H and O–H groups in total. The Morgan fingerprint density at radius 3 is 2.31 bits per heavy atom. The first-order chi connectivity index (χ1) is 12.1. The first-order valence-corrected chi connectivity index (χ1v) is 11.1.